The van der Waals surface area contributed by atoms with Crippen LogP contribution in [-0.4, -0.2) is 19.1 Å². The van der Waals surface area contributed by atoms with Crippen molar-refractivity contribution in [3.05, 3.63) is 34.9 Å². The van der Waals surface area contributed by atoms with Crippen LogP contribution in [0.25, 0.3) is 0 Å². The van der Waals surface area contributed by atoms with E-state index in [9.17, 15) is 4.79 Å². The summed E-state index contributed by atoms with van der Waals surface area (Å²) in [6, 6.07) is 6.60. The van der Waals surface area contributed by atoms with Crippen molar-refractivity contribution >= 4 is 5.97 Å². The molecular formula is C17H25NO2. The Kier molecular flexibility index (Phi) is 4.81. The van der Waals surface area contributed by atoms with Gasteiger partial charge in [0.1, 0.15) is 0 Å². The van der Waals surface area contributed by atoms with Crippen molar-refractivity contribution in [3.63, 3.8) is 0 Å². The van der Waals surface area contributed by atoms with E-state index in [2.05, 4.69) is 18.2 Å². The molecule has 20 heavy (non-hydrogen) atoms. The quantitative estimate of drug-likeness (QED) is 0.812. The number of carbonyl (C=O) groups is 1. The molecular weight excluding hydrogens is 250 g/mol. The monoisotopic (exact) mass is 275 g/mol. The summed E-state index contributed by atoms with van der Waals surface area (Å²) < 4.78 is 5.24. The lowest BCUT2D eigenvalue weighted by Gasteiger charge is -2.29. The van der Waals surface area contributed by atoms with Crippen LogP contribution in [0.2, 0.25) is 0 Å². The van der Waals surface area contributed by atoms with Crippen molar-refractivity contribution < 1.29 is 9.53 Å². The number of rotatable bonds is 6. The van der Waals surface area contributed by atoms with Gasteiger partial charge in [0.15, 0.2) is 0 Å². The van der Waals surface area contributed by atoms with Crippen molar-refractivity contribution in [2.24, 2.45) is 11.1 Å². The van der Waals surface area contributed by atoms with E-state index in [-0.39, 0.29) is 5.97 Å². The summed E-state index contributed by atoms with van der Waals surface area (Å²) in [5, 5.41) is 0. The Labute approximate surface area is 121 Å². The van der Waals surface area contributed by atoms with E-state index in [1.165, 1.54) is 29.5 Å². The Bertz CT molecular complexity index is 478. The van der Waals surface area contributed by atoms with E-state index in [0.717, 1.165) is 6.42 Å². The molecule has 0 amide bonds. The van der Waals surface area contributed by atoms with E-state index >= 15 is 0 Å². The van der Waals surface area contributed by atoms with Crippen LogP contribution >= 0.6 is 0 Å². The summed E-state index contributed by atoms with van der Waals surface area (Å²) in [7, 11) is 0. The van der Waals surface area contributed by atoms with Gasteiger partial charge in [0.2, 0.25) is 0 Å². The molecule has 1 aliphatic rings. The Balaban J connectivity index is 2.21. The molecule has 1 atom stereocenters. The minimum Gasteiger partial charge on any atom is -0.466 e. The molecule has 1 aromatic rings. The fourth-order valence-electron chi connectivity index (χ4n) is 3.05. The zero-order chi connectivity index (χ0) is 14.6. The molecule has 0 aromatic heterocycles. The second-order valence-corrected chi connectivity index (χ2v) is 5.69. The lowest BCUT2D eigenvalue weighted by Crippen LogP contribution is -2.41. The van der Waals surface area contributed by atoms with E-state index in [1.807, 2.05) is 13.8 Å². The molecule has 1 aromatic carbocycles. The molecule has 2 N–H and O–H groups in total. The van der Waals surface area contributed by atoms with Crippen LogP contribution in [0.5, 0.6) is 0 Å². The smallest absolute Gasteiger partial charge is 0.313 e. The standard InChI is InChI=1S/C17H25NO2/c1-3-17(12-18,16(19)20-4-2)11-13-8-9-14-6-5-7-15(14)10-13/h8-10H,3-7,11-12,18H2,1-2H3. The molecule has 1 unspecified atom stereocenters. The number of carbonyl (C=O) groups excluding carboxylic acids is 1. The van der Waals surface area contributed by atoms with Crippen molar-refractivity contribution in [1.29, 1.82) is 0 Å². The molecule has 2 rings (SSSR count). The lowest BCUT2D eigenvalue weighted by atomic mass is 9.79. The van der Waals surface area contributed by atoms with E-state index < -0.39 is 5.41 Å². The number of aryl methyl sites for hydroxylation is 2. The second kappa shape index (κ2) is 6.40. The van der Waals surface area contributed by atoms with Crippen LogP contribution in [-0.2, 0) is 28.8 Å². The van der Waals surface area contributed by atoms with Gasteiger partial charge in [-0.3, -0.25) is 4.79 Å². The van der Waals surface area contributed by atoms with Gasteiger partial charge in [0, 0.05) is 6.54 Å². The van der Waals surface area contributed by atoms with Gasteiger partial charge < -0.3 is 10.5 Å². The zero-order valence-electron chi connectivity index (χ0n) is 12.6. The maximum Gasteiger partial charge on any atom is 0.313 e. The van der Waals surface area contributed by atoms with E-state index in [1.54, 1.807) is 0 Å². The maximum atomic E-state index is 12.3. The Morgan fingerprint density at radius 3 is 2.70 bits per heavy atom. The summed E-state index contributed by atoms with van der Waals surface area (Å²) in [6.45, 7) is 4.59. The predicted octanol–water partition coefficient (Wildman–Crippen LogP) is 2.64. The fourth-order valence-corrected chi connectivity index (χ4v) is 3.05. The van der Waals surface area contributed by atoms with Gasteiger partial charge in [0.25, 0.3) is 0 Å². The topological polar surface area (TPSA) is 52.3 Å². The van der Waals surface area contributed by atoms with Gasteiger partial charge in [-0.25, -0.2) is 0 Å². The third-order valence-corrected chi connectivity index (χ3v) is 4.48. The van der Waals surface area contributed by atoms with Crippen LogP contribution in [0, 0.1) is 5.41 Å². The normalized spacial score (nSPS) is 16.6. The van der Waals surface area contributed by atoms with Gasteiger partial charge in [-0.2, -0.15) is 0 Å². The molecule has 110 valence electrons. The number of ether oxygens (including phenoxy) is 1. The molecule has 0 bridgehead atoms. The summed E-state index contributed by atoms with van der Waals surface area (Å²) in [4.78, 5) is 12.3. The van der Waals surface area contributed by atoms with E-state index in [0.29, 0.717) is 26.0 Å². The van der Waals surface area contributed by atoms with Gasteiger partial charge >= 0.3 is 5.97 Å². The Morgan fingerprint density at radius 2 is 2.05 bits per heavy atom. The summed E-state index contributed by atoms with van der Waals surface area (Å²) in [5.41, 5.74) is 9.43. The van der Waals surface area contributed by atoms with Crippen LogP contribution in [0.15, 0.2) is 18.2 Å². The molecule has 1 aliphatic carbocycles. The van der Waals surface area contributed by atoms with Crippen LogP contribution in [0.3, 0.4) is 0 Å². The minimum atomic E-state index is -0.581. The van der Waals surface area contributed by atoms with Crippen LogP contribution in [0.1, 0.15) is 43.4 Å². The average Bonchev–Trinajstić information content (AvgIpc) is 2.92. The first-order valence-electron chi connectivity index (χ1n) is 7.63. The van der Waals surface area contributed by atoms with E-state index in [4.69, 9.17) is 10.5 Å². The first-order chi connectivity index (χ1) is 9.65. The first kappa shape index (κ1) is 15.0. The molecule has 0 saturated heterocycles. The summed E-state index contributed by atoms with van der Waals surface area (Å²) >= 11 is 0. The maximum absolute atomic E-state index is 12.3. The molecule has 0 spiro atoms. The van der Waals surface area contributed by atoms with Crippen molar-refractivity contribution in [2.75, 3.05) is 13.2 Å². The predicted molar refractivity (Wildman–Crippen MR) is 80.6 cm³/mol. The zero-order valence-corrected chi connectivity index (χ0v) is 12.6. The van der Waals surface area contributed by atoms with Crippen molar-refractivity contribution in [2.45, 2.75) is 46.0 Å². The van der Waals surface area contributed by atoms with Gasteiger partial charge in [-0.05, 0) is 55.7 Å². The van der Waals surface area contributed by atoms with Crippen molar-refractivity contribution in [3.8, 4) is 0 Å². The fraction of sp³-hybridized carbons (Fsp3) is 0.588. The molecule has 0 aliphatic heterocycles. The SMILES string of the molecule is CCOC(=O)C(CC)(CN)Cc1ccc2c(c1)CCC2. The molecule has 0 heterocycles. The Hall–Kier alpha value is -1.35. The number of hydrogen-bond acceptors (Lipinski definition) is 3. The first-order valence-corrected chi connectivity index (χ1v) is 7.63. The number of nitrogens with two attached hydrogens (primary N) is 1. The highest BCUT2D eigenvalue weighted by atomic mass is 16.5. The summed E-state index contributed by atoms with van der Waals surface area (Å²) in [5.74, 6) is -0.162. The van der Waals surface area contributed by atoms with Crippen LogP contribution < -0.4 is 5.73 Å². The lowest BCUT2D eigenvalue weighted by molar-refractivity contribution is -0.155. The largest absolute Gasteiger partial charge is 0.466 e. The number of esters is 1. The minimum absolute atomic E-state index is 0.162. The van der Waals surface area contributed by atoms with Gasteiger partial charge in [-0.1, -0.05) is 25.1 Å². The molecule has 0 fully saturated rings. The highest BCUT2D eigenvalue weighted by Crippen LogP contribution is 2.30. The van der Waals surface area contributed by atoms with Crippen molar-refractivity contribution in [1.82, 2.24) is 0 Å². The second-order valence-electron chi connectivity index (χ2n) is 5.69. The third-order valence-electron chi connectivity index (χ3n) is 4.48. The highest BCUT2D eigenvalue weighted by molar-refractivity contribution is 5.77. The van der Waals surface area contributed by atoms with Gasteiger partial charge in [-0.15, -0.1) is 0 Å². The van der Waals surface area contributed by atoms with Crippen LogP contribution in [0.4, 0.5) is 0 Å². The third kappa shape index (κ3) is 2.88. The Morgan fingerprint density at radius 1 is 1.30 bits per heavy atom. The molecule has 0 saturated carbocycles. The average molecular weight is 275 g/mol. The summed E-state index contributed by atoms with van der Waals surface area (Å²) in [6.07, 6.45) is 4.96. The molecule has 3 nitrogen and oxygen atoms in total. The number of hydrogen-bond donors (Lipinski definition) is 1. The number of benzene rings is 1. The highest BCUT2D eigenvalue weighted by Gasteiger charge is 2.37. The molecule has 3 heteroatoms. The number of fused-ring (bicyclic) bond motifs is 1. The van der Waals surface area contributed by atoms with Gasteiger partial charge in [0.05, 0.1) is 12.0 Å². The molecule has 0 radical (unpaired) electrons.